The molecule has 14 heavy (non-hydrogen) atoms. The first-order valence-electron chi connectivity index (χ1n) is 4.90. The lowest BCUT2D eigenvalue weighted by atomic mass is 10.3. The van der Waals surface area contributed by atoms with E-state index in [1.165, 1.54) is 4.31 Å². The Labute approximate surface area is 92.5 Å². The molecule has 1 unspecified atom stereocenters. The van der Waals surface area contributed by atoms with Crippen molar-refractivity contribution >= 4 is 21.6 Å². The van der Waals surface area contributed by atoms with E-state index >= 15 is 0 Å². The van der Waals surface area contributed by atoms with E-state index in [0.717, 1.165) is 0 Å². The SMILES string of the molecule is CCN(C(C)C)S(=O)(=O)CC(C)CCl. The van der Waals surface area contributed by atoms with Crippen LogP contribution in [0.3, 0.4) is 0 Å². The van der Waals surface area contributed by atoms with Crippen molar-refractivity contribution in [1.29, 1.82) is 0 Å². The number of sulfonamides is 1. The van der Waals surface area contributed by atoms with Crippen LogP contribution in [0.15, 0.2) is 0 Å². The predicted octanol–water partition coefficient (Wildman–Crippen LogP) is 1.92. The largest absolute Gasteiger partial charge is 0.214 e. The Morgan fingerprint density at radius 2 is 1.79 bits per heavy atom. The van der Waals surface area contributed by atoms with Gasteiger partial charge in [0.2, 0.25) is 10.0 Å². The molecule has 0 N–H and O–H groups in total. The fourth-order valence-electron chi connectivity index (χ4n) is 1.38. The van der Waals surface area contributed by atoms with Crippen LogP contribution in [-0.2, 0) is 10.0 Å². The quantitative estimate of drug-likeness (QED) is 0.667. The van der Waals surface area contributed by atoms with Crippen LogP contribution in [0, 0.1) is 5.92 Å². The van der Waals surface area contributed by atoms with Crippen LogP contribution in [0.4, 0.5) is 0 Å². The number of hydrogen-bond donors (Lipinski definition) is 0. The molecule has 0 aromatic carbocycles. The van der Waals surface area contributed by atoms with Crippen molar-refractivity contribution in [1.82, 2.24) is 4.31 Å². The minimum absolute atomic E-state index is 0.00877. The lowest BCUT2D eigenvalue weighted by molar-refractivity contribution is 0.366. The van der Waals surface area contributed by atoms with Crippen LogP contribution in [0.2, 0.25) is 0 Å². The fourth-order valence-corrected chi connectivity index (χ4v) is 3.69. The van der Waals surface area contributed by atoms with E-state index in [4.69, 9.17) is 11.6 Å². The lowest BCUT2D eigenvalue weighted by Gasteiger charge is -2.25. The molecule has 0 saturated carbocycles. The van der Waals surface area contributed by atoms with Crippen LogP contribution in [0.1, 0.15) is 27.7 Å². The van der Waals surface area contributed by atoms with Crippen molar-refractivity contribution in [3.63, 3.8) is 0 Å². The highest BCUT2D eigenvalue weighted by Crippen LogP contribution is 2.11. The molecule has 0 aromatic heterocycles. The first-order chi connectivity index (χ1) is 6.35. The van der Waals surface area contributed by atoms with E-state index in [0.29, 0.717) is 12.4 Å². The van der Waals surface area contributed by atoms with Crippen molar-refractivity contribution in [2.45, 2.75) is 33.7 Å². The Balaban J connectivity index is 4.59. The molecular formula is C9H20ClNO2S. The number of alkyl halides is 1. The van der Waals surface area contributed by atoms with Gasteiger partial charge in [-0.2, -0.15) is 4.31 Å². The Hall–Kier alpha value is 0.200. The van der Waals surface area contributed by atoms with Gasteiger partial charge in [-0.05, 0) is 19.8 Å². The summed E-state index contributed by atoms with van der Waals surface area (Å²) in [6, 6.07) is 0.0209. The summed E-state index contributed by atoms with van der Waals surface area (Å²) in [5, 5.41) is 0. The molecule has 86 valence electrons. The second-order valence-electron chi connectivity index (χ2n) is 3.84. The highest BCUT2D eigenvalue weighted by atomic mass is 35.5. The van der Waals surface area contributed by atoms with Gasteiger partial charge in [-0.15, -0.1) is 11.6 Å². The normalized spacial score (nSPS) is 15.1. The summed E-state index contributed by atoms with van der Waals surface area (Å²) in [5.74, 6) is 0.534. The average molecular weight is 242 g/mol. The summed E-state index contributed by atoms with van der Waals surface area (Å²) in [5.41, 5.74) is 0. The summed E-state index contributed by atoms with van der Waals surface area (Å²) in [7, 11) is -3.13. The van der Waals surface area contributed by atoms with Crippen molar-refractivity contribution in [2.24, 2.45) is 5.92 Å². The van der Waals surface area contributed by atoms with Gasteiger partial charge in [0.15, 0.2) is 0 Å². The maximum absolute atomic E-state index is 11.8. The molecule has 3 nitrogen and oxygen atoms in total. The first-order valence-corrected chi connectivity index (χ1v) is 7.05. The van der Waals surface area contributed by atoms with E-state index in [1.54, 1.807) is 0 Å². The summed E-state index contributed by atoms with van der Waals surface area (Å²) in [6.45, 7) is 7.98. The standard InChI is InChI=1S/C9H20ClNO2S/c1-5-11(8(2)3)14(12,13)7-9(4)6-10/h8-9H,5-7H2,1-4H3. The fraction of sp³-hybridized carbons (Fsp3) is 1.00. The predicted molar refractivity (Wildman–Crippen MR) is 61.2 cm³/mol. The van der Waals surface area contributed by atoms with E-state index in [1.807, 2.05) is 27.7 Å². The van der Waals surface area contributed by atoms with Crippen LogP contribution < -0.4 is 0 Å². The summed E-state index contributed by atoms with van der Waals surface area (Å²) < 4.78 is 25.2. The Bertz CT molecular complexity index is 252. The molecular weight excluding hydrogens is 222 g/mol. The van der Waals surface area contributed by atoms with Gasteiger partial charge in [0.25, 0.3) is 0 Å². The molecule has 0 spiro atoms. The van der Waals surface area contributed by atoms with Gasteiger partial charge in [-0.25, -0.2) is 8.42 Å². The van der Waals surface area contributed by atoms with Gasteiger partial charge in [-0.3, -0.25) is 0 Å². The van der Waals surface area contributed by atoms with Gasteiger partial charge in [0, 0.05) is 18.5 Å². The third-order valence-electron chi connectivity index (χ3n) is 2.00. The first kappa shape index (κ1) is 14.2. The molecule has 0 radical (unpaired) electrons. The van der Waals surface area contributed by atoms with E-state index < -0.39 is 10.0 Å². The summed E-state index contributed by atoms with van der Waals surface area (Å²) >= 11 is 5.60. The highest BCUT2D eigenvalue weighted by molar-refractivity contribution is 7.89. The van der Waals surface area contributed by atoms with E-state index in [2.05, 4.69) is 0 Å². The zero-order valence-corrected chi connectivity index (χ0v) is 10.9. The molecule has 0 bridgehead atoms. The maximum atomic E-state index is 11.8. The number of rotatable bonds is 6. The Morgan fingerprint density at radius 1 is 1.29 bits per heavy atom. The third-order valence-corrected chi connectivity index (χ3v) is 4.92. The molecule has 5 heteroatoms. The zero-order chi connectivity index (χ0) is 11.4. The van der Waals surface area contributed by atoms with Crippen molar-refractivity contribution in [3.8, 4) is 0 Å². The second-order valence-corrected chi connectivity index (χ2v) is 6.11. The molecule has 0 amide bonds. The summed E-state index contributed by atoms with van der Waals surface area (Å²) in [6.07, 6.45) is 0. The molecule has 0 heterocycles. The molecule has 0 aromatic rings. The lowest BCUT2D eigenvalue weighted by Crippen LogP contribution is -2.39. The molecule has 0 aliphatic carbocycles. The minimum atomic E-state index is -3.13. The maximum Gasteiger partial charge on any atom is 0.214 e. The van der Waals surface area contributed by atoms with Crippen molar-refractivity contribution < 1.29 is 8.42 Å². The van der Waals surface area contributed by atoms with Gasteiger partial charge in [-0.1, -0.05) is 13.8 Å². The monoisotopic (exact) mass is 241 g/mol. The van der Waals surface area contributed by atoms with Gasteiger partial charge >= 0.3 is 0 Å². The van der Waals surface area contributed by atoms with E-state index in [-0.39, 0.29) is 17.7 Å². The van der Waals surface area contributed by atoms with Crippen LogP contribution in [0.5, 0.6) is 0 Å². The van der Waals surface area contributed by atoms with Gasteiger partial charge in [0.1, 0.15) is 0 Å². The highest BCUT2D eigenvalue weighted by Gasteiger charge is 2.24. The number of hydrogen-bond acceptors (Lipinski definition) is 2. The van der Waals surface area contributed by atoms with Crippen molar-refractivity contribution in [2.75, 3.05) is 18.2 Å². The minimum Gasteiger partial charge on any atom is -0.212 e. The molecule has 0 aliphatic rings. The Kier molecular flexibility index (Phi) is 6.02. The molecule has 0 aliphatic heterocycles. The average Bonchev–Trinajstić information content (AvgIpc) is 2.02. The van der Waals surface area contributed by atoms with Crippen LogP contribution in [-0.4, -0.2) is 36.9 Å². The van der Waals surface area contributed by atoms with Crippen LogP contribution >= 0.6 is 11.6 Å². The molecule has 0 rings (SSSR count). The van der Waals surface area contributed by atoms with E-state index in [9.17, 15) is 8.42 Å². The molecule has 0 fully saturated rings. The smallest absolute Gasteiger partial charge is 0.212 e. The topological polar surface area (TPSA) is 37.4 Å². The van der Waals surface area contributed by atoms with Crippen molar-refractivity contribution in [3.05, 3.63) is 0 Å². The second kappa shape index (κ2) is 5.93. The zero-order valence-electron chi connectivity index (χ0n) is 9.33. The summed E-state index contributed by atoms with van der Waals surface area (Å²) in [4.78, 5) is 0. The molecule has 1 atom stereocenters. The van der Waals surface area contributed by atoms with Gasteiger partial charge in [0.05, 0.1) is 5.75 Å². The van der Waals surface area contributed by atoms with Gasteiger partial charge < -0.3 is 0 Å². The Morgan fingerprint density at radius 3 is 2.07 bits per heavy atom. The molecule has 0 saturated heterocycles. The number of nitrogens with zero attached hydrogens (tertiary/aromatic N) is 1. The number of halogens is 1. The third kappa shape index (κ3) is 4.15. The van der Waals surface area contributed by atoms with Crippen LogP contribution in [0.25, 0.3) is 0 Å².